The molecule has 1 unspecified atom stereocenters. The number of likely N-dealkylation sites (tertiary alicyclic amines) is 1. The second kappa shape index (κ2) is 8.89. The van der Waals surface area contributed by atoms with Gasteiger partial charge in [0.15, 0.2) is 0 Å². The first-order valence-electron chi connectivity index (χ1n) is 7.95. The molecule has 1 saturated heterocycles. The summed E-state index contributed by atoms with van der Waals surface area (Å²) >= 11 is 0. The summed E-state index contributed by atoms with van der Waals surface area (Å²) in [6.07, 6.45) is 3.14. The van der Waals surface area contributed by atoms with E-state index in [0.717, 1.165) is 25.8 Å². The van der Waals surface area contributed by atoms with Crippen LogP contribution in [0.1, 0.15) is 43.5 Å². The van der Waals surface area contributed by atoms with Crippen LogP contribution < -0.4 is 11.1 Å². The minimum atomic E-state index is -0.0695. The third kappa shape index (κ3) is 4.94. The maximum Gasteiger partial charge on any atom is 0.254 e. The molecule has 1 aliphatic rings. The fourth-order valence-electron chi connectivity index (χ4n) is 2.66. The lowest BCUT2D eigenvalue weighted by Crippen LogP contribution is -2.47. The highest BCUT2D eigenvalue weighted by atomic mass is 35.5. The molecule has 0 aliphatic carbocycles. The quantitative estimate of drug-likeness (QED) is 0.885. The van der Waals surface area contributed by atoms with E-state index in [4.69, 9.17) is 5.73 Å². The van der Waals surface area contributed by atoms with Gasteiger partial charge in [0.05, 0.1) is 0 Å². The molecule has 1 aromatic carbocycles. The molecule has 1 fully saturated rings. The third-order valence-electron chi connectivity index (χ3n) is 4.08. The zero-order valence-corrected chi connectivity index (χ0v) is 14.6. The summed E-state index contributed by atoms with van der Waals surface area (Å²) < 4.78 is 0. The Morgan fingerprint density at radius 3 is 2.48 bits per heavy atom. The average Bonchev–Trinajstić information content (AvgIpc) is 2.54. The van der Waals surface area contributed by atoms with E-state index in [1.165, 1.54) is 0 Å². The maximum absolute atomic E-state index is 12.6. The van der Waals surface area contributed by atoms with Crippen molar-refractivity contribution in [1.82, 2.24) is 4.90 Å². The molecule has 6 heteroatoms. The molecule has 0 spiro atoms. The van der Waals surface area contributed by atoms with Crippen LogP contribution in [0.5, 0.6) is 0 Å². The number of piperidine rings is 1. The molecule has 1 aliphatic heterocycles. The van der Waals surface area contributed by atoms with E-state index in [-0.39, 0.29) is 36.2 Å². The van der Waals surface area contributed by atoms with Crippen LogP contribution in [0, 0.1) is 5.92 Å². The van der Waals surface area contributed by atoms with Gasteiger partial charge in [-0.1, -0.05) is 13.8 Å². The van der Waals surface area contributed by atoms with Crippen molar-refractivity contribution in [3.05, 3.63) is 29.8 Å². The Labute approximate surface area is 144 Å². The van der Waals surface area contributed by atoms with Crippen LogP contribution in [0.25, 0.3) is 0 Å². The standard InChI is InChI=1S/C17H25N3O2.ClH/c1-12(2)16(21)19-14-8-6-13(7-9-14)17(22)20-10-4-3-5-15(20)11-18;/h6-9,12,15H,3-5,10-11,18H2,1-2H3,(H,19,21);1H. The largest absolute Gasteiger partial charge is 0.334 e. The van der Waals surface area contributed by atoms with Gasteiger partial charge in [0, 0.05) is 36.3 Å². The first kappa shape index (κ1) is 19.5. The van der Waals surface area contributed by atoms with Crippen LogP contribution in [-0.2, 0) is 4.79 Å². The van der Waals surface area contributed by atoms with E-state index in [1.54, 1.807) is 24.3 Å². The lowest BCUT2D eigenvalue weighted by atomic mass is 10.0. The van der Waals surface area contributed by atoms with Crippen molar-refractivity contribution in [1.29, 1.82) is 0 Å². The molecule has 0 saturated carbocycles. The summed E-state index contributed by atoms with van der Waals surface area (Å²) in [6, 6.07) is 7.21. The topological polar surface area (TPSA) is 75.4 Å². The molecular formula is C17H26ClN3O2. The molecule has 0 bridgehead atoms. The summed E-state index contributed by atoms with van der Waals surface area (Å²) in [6.45, 7) is 4.97. The first-order chi connectivity index (χ1) is 10.5. The van der Waals surface area contributed by atoms with Crippen molar-refractivity contribution in [2.75, 3.05) is 18.4 Å². The third-order valence-corrected chi connectivity index (χ3v) is 4.08. The normalized spacial score (nSPS) is 17.6. The van der Waals surface area contributed by atoms with Gasteiger partial charge in [0.25, 0.3) is 5.91 Å². The van der Waals surface area contributed by atoms with Crippen molar-refractivity contribution in [2.24, 2.45) is 11.7 Å². The van der Waals surface area contributed by atoms with E-state index >= 15 is 0 Å². The number of nitrogens with two attached hydrogens (primary N) is 1. The Bertz CT molecular complexity index is 531. The highest BCUT2D eigenvalue weighted by molar-refractivity contribution is 5.96. The molecule has 3 N–H and O–H groups in total. The van der Waals surface area contributed by atoms with Gasteiger partial charge in [-0.25, -0.2) is 0 Å². The van der Waals surface area contributed by atoms with Crippen molar-refractivity contribution in [3.8, 4) is 0 Å². The van der Waals surface area contributed by atoms with Crippen LogP contribution >= 0.6 is 12.4 Å². The number of hydrogen-bond acceptors (Lipinski definition) is 3. The summed E-state index contributed by atoms with van der Waals surface area (Å²) in [5.74, 6) is -0.0739. The predicted molar refractivity (Wildman–Crippen MR) is 94.9 cm³/mol. The van der Waals surface area contributed by atoms with Gasteiger partial charge in [-0.15, -0.1) is 12.4 Å². The fourth-order valence-corrected chi connectivity index (χ4v) is 2.66. The SMILES string of the molecule is CC(C)C(=O)Nc1ccc(C(=O)N2CCCCC2CN)cc1.Cl. The van der Waals surface area contributed by atoms with Crippen LogP contribution in [0.2, 0.25) is 0 Å². The minimum Gasteiger partial charge on any atom is -0.334 e. The second-order valence-electron chi connectivity index (χ2n) is 6.11. The van der Waals surface area contributed by atoms with Gasteiger partial charge in [0.1, 0.15) is 0 Å². The Kier molecular flexibility index (Phi) is 7.52. The van der Waals surface area contributed by atoms with E-state index in [0.29, 0.717) is 17.8 Å². The molecule has 1 aromatic rings. The Morgan fingerprint density at radius 2 is 1.91 bits per heavy atom. The van der Waals surface area contributed by atoms with Gasteiger partial charge in [-0.3, -0.25) is 9.59 Å². The number of nitrogens with zero attached hydrogens (tertiary/aromatic N) is 1. The van der Waals surface area contributed by atoms with Crippen molar-refractivity contribution < 1.29 is 9.59 Å². The van der Waals surface area contributed by atoms with Crippen LogP contribution in [0.3, 0.4) is 0 Å². The molecule has 1 heterocycles. The minimum absolute atomic E-state index is 0. The number of hydrogen-bond donors (Lipinski definition) is 2. The molecule has 0 radical (unpaired) electrons. The number of halogens is 1. The highest BCUT2D eigenvalue weighted by Gasteiger charge is 2.26. The summed E-state index contributed by atoms with van der Waals surface area (Å²) in [7, 11) is 0. The van der Waals surface area contributed by atoms with Crippen molar-refractivity contribution >= 4 is 29.9 Å². The number of amides is 2. The van der Waals surface area contributed by atoms with Crippen molar-refractivity contribution in [3.63, 3.8) is 0 Å². The number of carbonyl (C=O) groups excluding carboxylic acids is 2. The number of anilines is 1. The summed E-state index contributed by atoms with van der Waals surface area (Å²) in [4.78, 5) is 26.1. The molecule has 128 valence electrons. The lowest BCUT2D eigenvalue weighted by Gasteiger charge is -2.35. The Hall–Kier alpha value is -1.59. The van der Waals surface area contributed by atoms with Crippen LogP contribution in [0.4, 0.5) is 5.69 Å². The number of nitrogens with one attached hydrogen (secondary N) is 1. The monoisotopic (exact) mass is 339 g/mol. The van der Waals surface area contributed by atoms with Gasteiger partial charge >= 0.3 is 0 Å². The molecule has 2 rings (SSSR count). The predicted octanol–water partition coefficient (Wildman–Crippen LogP) is 2.66. The fraction of sp³-hybridized carbons (Fsp3) is 0.529. The number of rotatable bonds is 4. The van der Waals surface area contributed by atoms with E-state index in [1.807, 2.05) is 18.7 Å². The van der Waals surface area contributed by atoms with E-state index in [9.17, 15) is 9.59 Å². The van der Waals surface area contributed by atoms with Crippen LogP contribution in [-0.4, -0.2) is 35.8 Å². The molecule has 1 atom stereocenters. The average molecular weight is 340 g/mol. The molecule has 2 amide bonds. The van der Waals surface area contributed by atoms with Crippen molar-refractivity contribution in [2.45, 2.75) is 39.2 Å². The lowest BCUT2D eigenvalue weighted by molar-refractivity contribution is -0.118. The second-order valence-corrected chi connectivity index (χ2v) is 6.11. The smallest absolute Gasteiger partial charge is 0.254 e. The highest BCUT2D eigenvalue weighted by Crippen LogP contribution is 2.20. The maximum atomic E-state index is 12.6. The number of benzene rings is 1. The Morgan fingerprint density at radius 1 is 1.26 bits per heavy atom. The Balaban J connectivity index is 0.00000264. The summed E-state index contributed by atoms with van der Waals surface area (Å²) in [5.41, 5.74) is 7.13. The van der Waals surface area contributed by atoms with Gasteiger partial charge in [-0.05, 0) is 43.5 Å². The summed E-state index contributed by atoms with van der Waals surface area (Å²) in [5, 5.41) is 2.82. The van der Waals surface area contributed by atoms with Gasteiger partial charge in [0.2, 0.25) is 5.91 Å². The molecule has 23 heavy (non-hydrogen) atoms. The zero-order valence-electron chi connectivity index (χ0n) is 13.7. The van der Waals surface area contributed by atoms with Gasteiger partial charge in [-0.2, -0.15) is 0 Å². The first-order valence-corrected chi connectivity index (χ1v) is 7.95. The molecular weight excluding hydrogens is 314 g/mol. The molecule has 5 nitrogen and oxygen atoms in total. The van der Waals surface area contributed by atoms with E-state index < -0.39 is 0 Å². The van der Waals surface area contributed by atoms with Gasteiger partial charge < -0.3 is 16.0 Å². The number of carbonyl (C=O) groups is 2. The zero-order chi connectivity index (χ0) is 16.1. The van der Waals surface area contributed by atoms with E-state index in [2.05, 4.69) is 5.32 Å². The van der Waals surface area contributed by atoms with Crippen LogP contribution in [0.15, 0.2) is 24.3 Å². The molecule has 0 aromatic heterocycles.